The summed E-state index contributed by atoms with van der Waals surface area (Å²) < 4.78 is 1.98. The zero-order valence-electron chi connectivity index (χ0n) is 20.9. The minimum atomic E-state index is 0.526. The van der Waals surface area contributed by atoms with Gasteiger partial charge in [-0.1, -0.05) is 26.5 Å². The molecule has 0 saturated carbocycles. The van der Waals surface area contributed by atoms with E-state index in [0.717, 1.165) is 62.5 Å². The molecule has 0 spiro atoms. The van der Waals surface area contributed by atoms with Crippen molar-refractivity contribution in [1.29, 1.82) is 0 Å². The Hall–Kier alpha value is -4.79. The van der Waals surface area contributed by atoms with Crippen LogP contribution in [-0.2, 0) is 0 Å². The number of nitrogens with zero attached hydrogens (tertiary/aromatic N) is 6. The Balaban J connectivity index is 1.38. The number of aryl methyl sites for hydroxylation is 1. The number of hydrogen-bond donors (Lipinski definition) is 3. The molecule has 3 N–H and O–H groups in total. The van der Waals surface area contributed by atoms with Crippen LogP contribution in [-0.4, -0.2) is 39.7 Å². The van der Waals surface area contributed by atoms with E-state index in [1.54, 1.807) is 12.5 Å². The van der Waals surface area contributed by atoms with Gasteiger partial charge in [-0.05, 0) is 49.6 Å². The second kappa shape index (κ2) is 9.02. The molecule has 0 atom stereocenters. The number of aromatic amines is 2. The van der Waals surface area contributed by atoms with Crippen LogP contribution in [0.5, 0.6) is 0 Å². The van der Waals surface area contributed by atoms with Crippen molar-refractivity contribution in [2.45, 2.75) is 27.2 Å². The fraction of sp³-hybridized carbons (Fsp3) is 0.179. The van der Waals surface area contributed by atoms with Gasteiger partial charge in [0.15, 0.2) is 11.5 Å². The van der Waals surface area contributed by atoms with E-state index in [2.05, 4.69) is 50.9 Å². The molecule has 9 nitrogen and oxygen atoms in total. The van der Waals surface area contributed by atoms with Crippen molar-refractivity contribution in [3.63, 3.8) is 0 Å². The van der Waals surface area contributed by atoms with Crippen molar-refractivity contribution in [2.75, 3.05) is 5.32 Å². The topological polar surface area (TPSA) is 113 Å². The molecule has 0 bridgehead atoms. The SMILES string of the molecule is C=C(CC(C)C)Nc1cncc(-c2ccc3[nH]nc(-c4nc5c(-n6cnc(C)c6)cccc5[nH]4)c3n2)c1. The summed E-state index contributed by atoms with van der Waals surface area (Å²) in [6.45, 7) is 10.4. The Bertz CT molecular complexity index is 1750. The molecule has 5 aromatic heterocycles. The quantitative estimate of drug-likeness (QED) is 0.252. The molecular weight excluding hydrogens is 462 g/mol. The van der Waals surface area contributed by atoms with Crippen LogP contribution in [0.25, 0.3) is 50.5 Å². The van der Waals surface area contributed by atoms with E-state index < -0.39 is 0 Å². The third-order valence-electron chi connectivity index (χ3n) is 6.12. The average molecular weight is 490 g/mol. The number of hydrogen-bond acceptors (Lipinski definition) is 6. The number of benzene rings is 1. The van der Waals surface area contributed by atoms with Crippen molar-refractivity contribution in [3.8, 4) is 28.5 Å². The van der Waals surface area contributed by atoms with Gasteiger partial charge in [0, 0.05) is 23.7 Å². The highest BCUT2D eigenvalue weighted by Gasteiger charge is 2.17. The number of pyridine rings is 2. The zero-order chi connectivity index (χ0) is 25.5. The van der Waals surface area contributed by atoms with Crippen molar-refractivity contribution >= 4 is 27.8 Å². The first-order chi connectivity index (χ1) is 17.9. The van der Waals surface area contributed by atoms with E-state index in [0.29, 0.717) is 17.4 Å². The largest absolute Gasteiger partial charge is 0.358 e. The van der Waals surface area contributed by atoms with Gasteiger partial charge < -0.3 is 14.9 Å². The number of rotatable bonds is 7. The van der Waals surface area contributed by atoms with Crippen molar-refractivity contribution in [1.82, 2.24) is 39.7 Å². The highest BCUT2D eigenvalue weighted by Crippen LogP contribution is 2.30. The van der Waals surface area contributed by atoms with E-state index in [1.807, 2.05) is 60.3 Å². The molecular formula is C28H27N9. The number of imidazole rings is 2. The predicted molar refractivity (Wildman–Crippen MR) is 146 cm³/mol. The first kappa shape index (κ1) is 22.7. The van der Waals surface area contributed by atoms with Crippen molar-refractivity contribution < 1.29 is 0 Å². The molecule has 0 unspecified atom stereocenters. The normalized spacial score (nSPS) is 11.6. The van der Waals surface area contributed by atoms with Crippen LogP contribution in [0.3, 0.4) is 0 Å². The Morgan fingerprint density at radius 2 is 1.97 bits per heavy atom. The van der Waals surface area contributed by atoms with E-state index in [-0.39, 0.29) is 0 Å². The maximum Gasteiger partial charge on any atom is 0.161 e. The molecule has 0 radical (unpaired) electrons. The average Bonchev–Trinajstić information content (AvgIpc) is 3.60. The summed E-state index contributed by atoms with van der Waals surface area (Å²) in [5, 5.41) is 11.0. The van der Waals surface area contributed by atoms with Gasteiger partial charge in [-0.2, -0.15) is 5.10 Å². The maximum absolute atomic E-state index is 4.95. The van der Waals surface area contributed by atoms with E-state index >= 15 is 0 Å². The molecule has 0 aliphatic rings. The predicted octanol–water partition coefficient (Wildman–Crippen LogP) is 6.03. The number of H-pyrrole nitrogens is 2. The van der Waals surface area contributed by atoms with Gasteiger partial charge in [0.2, 0.25) is 0 Å². The highest BCUT2D eigenvalue weighted by atomic mass is 15.2. The summed E-state index contributed by atoms with van der Waals surface area (Å²) in [5.41, 5.74) is 9.42. The number of allylic oxidation sites excluding steroid dienone is 1. The van der Waals surface area contributed by atoms with Crippen LogP contribution < -0.4 is 5.32 Å². The fourth-order valence-electron chi connectivity index (χ4n) is 4.51. The maximum atomic E-state index is 4.95. The molecule has 5 heterocycles. The molecule has 0 aliphatic heterocycles. The third-order valence-corrected chi connectivity index (χ3v) is 6.12. The Morgan fingerprint density at radius 1 is 1.08 bits per heavy atom. The van der Waals surface area contributed by atoms with Crippen molar-refractivity contribution in [3.05, 3.63) is 79.3 Å². The first-order valence-electron chi connectivity index (χ1n) is 12.2. The van der Waals surface area contributed by atoms with E-state index in [4.69, 9.17) is 9.97 Å². The molecule has 0 amide bonds. The van der Waals surface area contributed by atoms with Crippen LogP contribution >= 0.6 is 0 Å². The Kier molecular flexibility index (Phi) is 5.52. The Labute approximate surface area is 213 Å². The smallest absolute Gasteiger partial charge is 0.161 e. The lowest BCUT2D eigenvalue weighted by Gasteiger charge is -2.12. The molecule has 6 rings (SSSR count). The first-order valence-corrected chi connectivity index (χ1v) is 12.2. The molecule has 6 aromatic rings. The summed E-state index contributed by atoms with van der Waals surface area (Å²) in [6.07, 6.45) is 8.28. The van der Waals surface area contributed by atoms with Gasteiger partial charge in [-0.15, -0.1) is 0 Å². The monoisotopic (exact) mass is 489 g/mol. The summed E-state index contributed by atoms with van der Waals surface area (Å²) in [5.74, 6) is 1.17. The number of fused-ring (bicyclic) bond motifs is 2. The second-order valence-electron chi connectivity index (χ2n) is 9.63. The van der Waals surface area contributed by atoms with Crippen LogP contribution in [0.2, 0.25) is 0 Å². The molecule has 184 valence electrons. The number of nitrogens with one attached hydrogen (secondary N) is 3. The minimum Gasteiger partial charge on any atom is -0.358 e. The Morgan fingerprint density at radius 3 is 2.78 bits per heavy atom. The lowest BCUT2D eigenvalue weighted by Crippen LogP contribution is -2.02. The summed E-state index contributed by atoms with van der Waals surface area (Å²) in [7, 11) is 0. The number of para-hydroxylation sites is 1. The standard InChI is InChI=1S/C28H27N9/c1-16(2)10-17(3)31-20-11-19(12-29-13-20)21-8-9-23-26(32-21)27(36-35-23)28-33-22-6-5-7-24(25(22)34-28)37-14-18(4)30-15-37/h5-9,11-16,31H,3,10H2,1-2,4H3,(H,33,34)(H,35,36). The minimum absolute atomic E-state index is 0.526. The molecule has 0 aliphatic carbocycles. The summed E-state index contributed by atoms with van der Waals surface area (Å²) in [4.78, 5) is 22.0. The lowest BCUT2D eigenvalue weighted by atomic mass is 10.1. The molecule has 1 aromatic carbocycles. The molecule has 9 heteroatoms. The van der Waals surface area contributed by atoms with Crippen LogP contribution in [0.15, 0.2) is 73.6 Å². The molecule has 0 fully saturated rings. The van der Waals surface area contributed by atoms with Gasteiger partial charge in [-0.25, -0.2) is 15.0 Å². The fourth-order valence-corrected chi connectivity index (χ4v) is 4.51. The van der Waals surface area contributed by atoms with Gasteiger partial charge in [-0.3, -0.25) is 10.1 Å². The van der Waals surface area contributed by atoms with Gasteiger partial charge in [0.05, 0.1) is 46.3 Å². The van der Waals surface area contributed by atoms with Gasteiger partial charge in [0.1, 0.15) is 11.0 Å². The van der Waals surface area contributed by atoms with Crippen LogP contribution in [0.4, 0.5) is 5.69 Å². The number of aromatic nitrogens is 8. The molecule has 0 saturated heterocycles. The van der Waals surface area contributed by atoms with E-state index in [9.17, 15) is 0 Å². The lowest BCUT2D eigenvalue weighted by molar-refractivity contribution is 0.645. The third kappa shape index (κ3) is 4.35. The summed E-state index contributed by atoms with van der Waals surface area (Å²) >= 11 is 0. The zero-order valence-corrected chi connectivity index (χ0v) is 20.9. The second-order valence-corrected chi connectivity index (χ2v) is 9.63. The molecule has 37 heavy (non-hydrogen) atoms. The van der Waals surface area contributed by atoms with Gasteiger partial charge in [0.25, 0.3) is 0 Å². The van der Waals surface area contributed by atoms with Crippen LogP contribution in [0.1, 0.15) is 26.0 Å². The van der Waals surface area contributed by atoms with Crippen molar-refractivity contribution in [2.24, 2.45) is 5.92 Å². The number of anilines is 1. The van der Waals surface area contributed by atoms with E-state index in [1.165, 1.54) is 0 Å². The van der Waals surface area contributed by atoms with Gasteiger partial charge >= 0.3 is 0 Å². The van der Waals surface area contributed by atoms with Crippen LogP contribution in [0, 0.1) is 12.8 Å². The highest BCUT2D eigenvalue weighted by molar-refractivity contribution is 5.93. The summed E-state index contributed by atoms with van der Waals surface area (Å²) in [6, 6.07) is 12.0.